The molecule has 11 heteroatoms. The van der Waals surface area contributed by atoms with Crippen LogP contribution in [-0.4, -0.2) is 50.0 Å². The Morgan fingerprint density at radius 3 is 1.98 bits per heavy atom. The number of phenols is 1. The number of aromatic hydroxyl groups is 1. The number of aromatic nitrogens is 2. The minimum Gasteiger partial charge on any atom is -0.506 e. The number of fused-ring (bicyclic) bond motifs is 2. The maximum atomic E-state index is 13.7. The van der Waals surface area contributed by atoms with Crippen LogP contribution in [0.4, 0.5) is 0 Å². The summed E-state index contributed by atoms with van der Waals surface area (Å²) >= 11 is 13.3. The highest BCUT2D eigenvalue weighted by Gasteiger charge is 2.29. The first-order valence-corrected chi connectivity index (χ1v) is 15.5. The highest BCUT2D eigenvalue weighted by Crippen LogP contribution is 2.47. The van der Waals surface area contributed by atoms with Crippen molar-refractivity contribution in [3.05, 3.63) is 134 Å². The molecule has 0 atom stereocenters. The molecular weight excluding hydrogens is 639 g/mol. The minimum atomic E-state index is -1.13. The number of carbonyl (C=O) groups is 1. The van der Waals surface area contributed by atoms with Gasteiger partial charge in [0.1, 0.15) is 17.1 Å². The number of carboxylic acids is 1. The van der Waals surface area contributed by atoms with Gasteiger partial charge in [-0.25, -0.2) is 4.79 Å². The Kier molecular flexibility index (Phi) is 9.24. The molecule has 3 heterocycles. The lowest BCUT2D eigenvalue weighted by molar-refractivity contribution is 0.0697. The summed E-state index contributed by atoms with van der Waals surface area (Å²) < 4.78 is 6.64. The minimum absolute atomic E-state index is 0.0375. The van der Waals surface area contributed by atoms with E-state index in [1.54, 1.807) is 36.7 Å². The van der Waals surface area contributed by atoms with E-state index in [2.05, 4.69) is 9.97 Å². The Morgan fingerprint density at radius 1 is 0.787 bits per heavy atom. The quantitative estimate of drug-likeness (QED) is 0.145. The van der Waals surface area contributed by atoms with Crippen molar-refractivity contribution in [3.63, 3.8) is 0 Å². The summed E-state index contributed by atoms with van der Waals surface area (Å²) in [5, 5.41) is 22.0. The molecule has 47 heavy (non-hydrogen) atoms. The normalized spacial score (nSPS) is 11.6. The van der Waals surface area contributed by atoms with Crippen molar-refractivity contribution in [1.29, 1.82) is 0 Å². The second-order valence-electron chi connectivity index (χ2n) is 11.4. The summed E-state index contributed by atoms with van der Waals surface area (Å²) in [5.41, 5.74) is 3.45. The summed E-state index contributed by atoms with van der Waals surface area (Å²) in [5.74, 6) is -1.09. The third-order valence-corrected chi connectivity index (χ3v) is 8.49. The maximum Gasteiger partial charge on any atom is 0.336 e. The third-order valence-electron chi connectivity index (χ3n) is 7.92. The number of pyridine rings is 2. The Balaban J connectivity index is 1.61. The van der Waals surface area contributed by atoms with E-state index in [0.717, 1.165) is 11.4 Å². The van der Waals surface area contributed by atoms with Crippen molar-refractivity contribution in [1.82, 2.24) is 19.8 Å². The largest absolute Gasteiger partial charge is 0.506 e. The van der Waals surface area contributed by atoms with Gasteiger partial charge < -0.3 is 14.6 Å². The van der Waals surface area contributed by atoms with Crippen LogP contribution in [0.1, 0.15) is 32.9 Å². The van der Waals surface area contributed by atoms with Gasteiger partial charge in [0.05, 0.1) is 38.1 Å². The zero-order valence-electron chi connectivity index (χ0n) is 25.6. The standard InChI is InChI=1S/C36H30Cl2N4O5/c1-41(17-21-9-5-7-13-39-21)19-27-32(43)29(37)15-25-31(23-11-3-4-12-24(23)36(45)46)26-16-30(38)33(44)28(35(26)47-34(25)27)20-42(2)18-22-10-6-8-14-40-22/h3-16,43H,17-20H2,1-2H3,(H,45,46). The van der Waals surface area contributed by atoms with Crippen molar-refractivity contribution in [2.75, 3.05) is 14.1 Å². The van der Waals surface area contributed by atoms with E-state index in [1.165, 1.54) is 12.1 Å². The van der Waals surface area contributed by atoms with E-state index >= 15 is 0 Å². The highest BCUT2D eigenvalue weighted by molar-refractivity contribution is 6.33. The molecule has 0 spiro atoms. The molecule has 2 aliphatic rings. The zero-order chi connectivity index (χ0) is 33.2. The van der Waals surface area contributed by atoms with Gasteiger partial charge in [0, 0.05) is 55.1 Å². The molecular formula is C36H30Cl2N4O5. The van der Waals surface area contributed by atoms with Crippen LogP contribution in [-0.2, 0) is 26.2 Å². The average molecular weight is 670 g/mol. The van der Waals surface area contributed by atoms with E-state index in [9.17, 15) is 19.8 Å². The molecule has 0 amide bonds. The molecule has 2 aromatic carbocycles. The van der Waals surface area contributed by atoms with Crippen molar-refractivity contribution < 1.29 is 19.4 Å². The molecule has 0 bridgehead atoms. The van der Waals surface area contributed by atoms with Gasteiger partial charge in [-0.1, -0.05) is 53.5 Å². The number of aromatic carboxylic acids is 1. The first-order chi connectivity index (χ1) is 22.6. The molecule has 0 saturated heterocycles. The topological polar surface area (TPSA) is 120 Å². The van der Waals surface area contributed by atoms with E-state index in [4.69, 9.17) is 27.6 Å². The summed E-state index contributed by atoms with van der Waals surface area (Å²) in [6.07, 6.45) is 3.41. The third kappa shape index (κ3) is 6.57. The number of benzene rings is 3. The fraction of sp³-hybridized carbons (Fsp3) is 0.167. The van der Waals surface area contributed by atoms with E-state index in [0.29, 0.717) is 40.7 Å². The van der Waals surface area contributed by atoms with Crippen LogP contribution in [0, 0.1) is 0 Å². The fourth-order valence-electron chi connectivity index (χ4n) is 5.85. The predicted molar refractivity (Wildman–Crippen MR) is 182 cm³/mol. The molecule has 0 unspecified atom stereocenters. The first kappa shape index (κ1) is 32.2. The number of hydrogen-bond acceptors (Lipinski definition) is 8. The summed E-state index contributed by atoms with van der Waals surface area (Å²) in [4.78, 5) is 38.9. The summed E-state index contributed by atoms with van der Waals surface area (Å²) in [6.45, 7) is 1.24. The van der Waals surface area contributed by atoms with E-state index in [-0.39, 0.29) is 51.4 Å². The highest BCUT2D eigenvalue weighted by atomic mass is 35.5. The van der Waals surface area contributed by atoms with Crippen molar-refractivity contribution in [3.8, 4) is 28.2 Å². The summed E-state index contributed by atoms with van der Waals surface area (Å²) in [7, 11) is 3.72. The SMILES string of the molecule is CN(Cc1ccccn1)Cc1c2oc3c(CN(C)Cc4ccccn4)c(O)c(Cl)cc3c(-c3ccccc3C(=O)O)c-2cc(Cl)c1=O. The van der Waals surface area contributed by atoms with Crippen LogP contribution in [0.5, 0.6) is 5.75 Å². The monoisotopic (exact) mass is 668 g/mol. The fourth-order valence-corrected chi connectivity index (χ4v) is 6.30. The van der Waals surface area contributed by atoms with Crippen LogP contribution in [0.15, 0.2) is 94.4 Å². The number of hydrogen-bond donors (Lipinski definition) is 2. The second kappa shape index (κ2) is 13.5. The first-order valence-electron chi connectivity index (χ1n) is 14.7. The molecule has 2 N–H and O–H groups in total. The van der Waals surface area contributed by atoms with Crippen LogP contribution < -0.4 is 5.43 Å². The van der Waals surface area contributed by atoms with Crippen LogP contribution in [0.25, 0.3) is 33.4 Å². The van der Waals surface area contributed by atoms with Gasteiger partial charge in [-0.2, -0.15) is 0 Å². The van der Waals surface area contributed by atoms with Gasteiger partial charge in [-0.05, 0) is 62.1 Å². The Hall–Kier alpha value is -4.80. The van der Waals surface area contributed by atoms with Crippen LogP contribution in [0.2, 0.25) is 10.0 Å². The van der Waals surface area contributed by atoms with Crippen molar-refractivity contribution >= 4 is 40.1 Å². The Bertz CT molecular complexity index is 2120. The second-order valence-corrected chi connectivity index (χ2v) is 12.2. The number of nitrogens with zero attached hydrogens (tertiary/aromatic N) is 4. The lowest BCUT2D eigenvalue weighted by Crippen LogP contribution is -2.24. The van der Waals surface area contributed by atoms with Crippen molar-refractivity contribution in [2.45, 2.75) is 26.2 Å². The number of carboxylic acid groups (broad SMARTS) is 1. The van der Waals surface area contributed by atoms with Gasteiger partial charge in [0.15, 0.2) is 0 Å². The average Bonchev–Trinajstić information content (AvgIpc) is 3.05. The number of phenolic OH excluding ortho intramolecular Hbond substituents is 1. The number of halogens is 2. The van der Waals surface area contributed by atoms with Crippen molar-refractivity contribution in [2.24, 2.45) is 0 Å². The van der Waals surface area contributed by atoms with Crippen LogP contribution in [0.3, 0.4) is 0 Å². The van der Waals surface area contributed by atoms with Crippen LogP contribution >= 0.6 is 23.2 Å². The number of rotatable bonds is 10. The summed E-state index contributed by atoms with van der Waals surface area (Å²) in [6, 6.07) is 20.9. The lowest BCUT2D eigenvalue weighted by atomic mass is 9.88. The van der Waals surface area contributed by atoms with Gasteiger partial charge >= 0.3 is 5.97 Å². The smallest absolute Gasteiger partial charge is 0.336 e. The molecule has 9 nitrogen and oxygen atoms in total. The molecule has 2 aromatic heterocycles. The molecule has 4 aromatic rings. The molecule has 0 saturated carbocycles. The van der Waals surface area contributed by atoms with E-state index in [1.807, 2.05) is 60.3 Å². The van der Waals surface area contributed by atoms with Gasteiger partial charge in [-0.15, -0.1) is 0 Å². The molecule has 6 rings (SSSR count). The van der Waals surface area contributed by atoms with E-state index < -0.39 is 11.4 Å². The van der Waals surface area contributed by atoms with Gasteiger partial charge in [0.2, 0.25) is 5.43 Å². The molecule has 238 valence electrons. The predicted octanol–water partition coefficient (Wildman–Crippen LogP) is 7.33. The maximum absolute atomic E-state index is 13.7. The Morgan fingerprint density at radius 2 is 1.38 bits per heavy atom. The van der Waals surface area contributed by atoms with Gasteiger partial charge in [-0.3, -0.25) is 24.6 Å². The molecule has 1 aliphatic heterocycles. The van der Waals surface area contributed by atoms with Gasteiger partial charge in [0.25, 0.3) is 0 Å². The molecule has 0 fully saturated rings. The zero-order valence-corrected chi connectivity index (χ0v) is 27.1. The Labute approximate surface area is 280 Å². The molecule has 0 radical (unpaired) electrons. The lowest BCUT2D eigenvalue weighted by Gasteiger charge is -2.24. The molecule has 1 aliphatic carbocycles.